The maximum Gasteiger partial charge on any atom is 0.337 e. The van der Waals surface area contributed by atoms with E-state index >= 15 is 0 Å². The molecule has 0 N–H and O–H groups in total. The minimum atomic E-state index is -0.386. The highest BCUT2D eigenvalue weighted by Gasteiger charge is 2.08. The third-order valence-corrected chi connectivity index (χ3v) is 3.93. The molecule has 0 radical (unpaired) electrons. The lowest BCUT2D eigenvalue weighted by molar-refractivity contribution is 0.0600. The lowest BCUT2D eigenvalue weighted by Crippen LogP contribution is -2.07. The number of rotatable bonds is 6. The second-order valence-corrected chi connectivity index (χ2v) is 5.66. The number of aromatic nitrogens is 4. The van der Waals surface area contributed by atoms with Crippen molar-refractivity contribution in [2.24, 2.45) is 0 Å². The molecule has 2 heterocycles. The molecular weight excluding hydrogens is 328 g/mol. The Balaban J connectivity index is 1.67. The van der Waals surface area contributed by atoms with Gasteiger partial charge in [0.05, 0.1) is 37.4 Å². The second kappa shape index (κ2) is 7.31. The number of fused-ring (bicyclic) bond motifs is 1. The zero-order valence-electron chi connectivity index (χ0n) is 13.3. The fourth-order valence-corrected chi connectivity index (χ4v) is 2.51. The smallest absolute Gasteiger partial charge is 0.337 e. The van der Waals surface area contributed by atoms with Gasteiger partial charge < -0.3 is 9.47 Å². The molecule has 3 aromatic rings. The van der Waals surface area contributed by atoms with Crippen LogP contribution in [0, 0.1) is 0 Å². The maximum absolute atomic E-state index is 11.5. The van der Waals surface area contributed by atoms with Crippen molar-refractivity contribution in [2.75, 3.05) is 20.0 Å². The molecule has 24 heavy (non-hydrogen) atoms. The van der Waals surface area contributed by atoms with Crippen LogP contribution in [0.1, 0.15) is 16.1 Å². The van der Waals surface area contributed by atoms with Crippen LogP contribution in [0.2, 0.25) is 0 Å². The number of esters is 1. The summed E-state index contributed by atoms with van der Waals surface area (Å²) in [6.07, 6.45) is 6.02. The second-order valence-electron chi connectivity index (χ2n) is 4.88. The number of hydrogen-bond acceptors (Lipinski definition) is 7. The number of nitrogens with zero attached hydrogens (tertiary/aromatic N) is 4. The van der Waals surface area contributed by atoms with Gasteiger partial charge in [-0.1, -0.05) is 17.8 Å². The first-order chi connectivity index (χ1) is 11.7. The van der Waals surface area contributed by atoms with Crippen molar-refractivity contribution >= 4 is 23.4 Å². The van der Waals surface area contributed by atoms with E-state index in [1.165, 1.54) is 18.9 Å². The molecule has 0 aliphatic carbocycles. The summed E-state index contributed by atoms with van der Waals surface area (Å²) in [4.78, 5) is 20.0. The topological polar surface area (TPSA) is 78.6 Å². The Bertz CT molecular complexity index is 865. The highest BCUT2D eigenvalue weighted by molar-refractivity contribution is 7.98. The summed E-state index contributed by atoms with van der Waals surface area (Å²) in [5.74, 6) is 0.231. The Kier molecular flexibility index (Phi) is 4.95. The predicted octanol–water partition coefficient (Wildman–Crippen LogP) is 2.25. The molecule has 0 spiro atoms. The Hall–Kier alpha value is -2.61. The van der Waals surface area contributed by atoms with Gasteiger partial charge in [-0.05, 0) is 24.5 Å². The van der Waals surface area contributed by atoms with Crippen LogP contribution in [0.25, 0.3) is 5.65 Å². The number of benzene rings is 1. The number of carbonyl (C=O) groups is 1. The summed E-state index contributed by atoms with van der Waals surface area (Å²) < 4.78 is 12.2. The zero-order chi connectivity index (χ0) is 16.9. The fraction of sp³-hybridized carbons (Fsp3) is 0.250. The molecule has 7 nitrogen and oxygen atoms in total. The molecule has 0 bridgehead atoms. The van der Waals surface area contributed by atoms with Crippen LogP contribution in [0.5, 0.6) is 5.75 Å². The van der Waals surface area contributed by atoms with Crippen LogP contribution in [0.3, 0.4) is 0 Å². The normalized spacial score (nSPS) is 10.8. The van der Waals surface area contributed by atoms with E-state index in [1.807, 2.05) is 6.26 Å². The average Bonchev–Trinajstić information content (AvgIpc) is 3.03. The number of ether oxygens (including phenoxy) is 2. The van der Waals surface area contributed by atoms with Crippen LogP contribution in [0.15, 0.2) is 41.8 Å². The molecule has 1 aromatic carbocycles. The van der Waals surface area contributed by atoms with Crippen LogP contribution >= 0.6 is 11.8 Å². The molecule has 0 aliphatic heterocycles. The van der Waals surface area contributed by atoms with Crippen LogP contribution in [0.4, 0.5) is 0 Å². The van der Waals surface area contributed by atoms with E-state index in [4.69, 9.17) is 9.47 Å². The van der Waals surface area contributed by atoms with Crippen LogP contribution in [-0.4, -0.2) is 45.5 Å². The summed E-state index contributed by atoms with van der Waals surface area (Å²) in [6, 6.07) is 6.90. The SMILES string of the molecule is COC(=O)c1cccc(OCCc2cnc3cnc(SC)nn23)c1. The predicted molar refractivity (Wildman–Crippen MR) is 89.5 cm³/mol. The van der Waals surface area contributed by atoms with Gasteiger partial charge in [0.1, 0.15) is 5.75 Å². The Labute approximate surface area is 143 Å². The molecule has 0 saturated heterocycles. The highest BCUT2D eigenvalue weighted by Crippen LogP contribution is 2.15. The van der Waals surface area contributed by atoms with Crippen molar-refractivity contribution < 1.29 is 14.3 Å². The number of imidazole rings is 1. The van der Waals surface area contributed by atoms with Crippen molar-refractivity contribution in [1.29, 1.82) is 0 Å². The first-order valence-electron chi connectivity index (χ1n) is 7.26. The van der Waals surface area contributed by atoms with Gasteiger partial charge in [0.15, 0.2) is 5.65 Å². The van der Waals surface area contributed by atoms with Gasteiger partial charge in [0.2, 0.25) is 5.16 Å². The number of carbonyl (C=O) groups excluding carboxylic acids is 1. The lowest BCUT2D eigenvalue weighted by Gasteiger charge is -2.07. The van der Waals surface area contributed by atoms with Crippen molar-refractivity contribution in [2.45, 2.75) is 11.6 Å². The van der Waals surface area contributed by atoms with Crippen molar-refractivity contribution in [3.05, 3.63) is 47.9 Å². The third kappa shape index (κ3) is 3.48. The first kappa shape index (κ1) is 16.3. The average molecular weight is 344 g/mol. The summed E-state index contributed by atoms with van der Waals surface area (Å²) in [6.45, 7) is 0.441. The number of hydrogen-bond donors (Lipinski definition) is 0. The van der Waals surface area contributed by atoms with E-state index in [2.05, 4.69) is 15.1 Å². The lowest BCUT2D eigenvalue weighted by atomic mass is 10.2. The molecule has 124 valence electrons. The van der Waals surface area contributed by atoms with Crippen molar-refractivity contribution in [3.63, 3.8) is 0 Å². The summed E-state index contributed by atoms with van der Waals surface area (Å²) >= 11 is 1.48. The van der Waals surface area contributed by atoms with E-state index in [1.54, 1.807) is 41.2 Å². The summed E-state index contributed by atoms with van der Waals surface area (Å²) in [7, 11) is 1.35. The summed E-state index contributed by atoms with van der Waals surface area (Å²) in [5.41, 5.74) is 2.10. The fourth-order valence-electron chi connectivity index (χ4n) is 2.19. The molecule has 0 atom stereocenters. The third-order valence-electron chi connectivity index (χ3n) is 3.38. The Morgan fingerprint density at radius 3 is 2.96 bits per heavy atom. The van der Waals surface area contributed by atoms with E-state index in [9.17, 15) is 4.79 Å². The van der Waals surface area contributed by atoms with Gasteiger partial charge in [0, 0.05) is 6.42 Å². The van der Waals surface area contributed by atoms with E-state index in [-0.39, 0.29) is 5.97 Å². The molecule has 2 aromatic heterocycles. The Morgan fingerprint density at radius 1 is 1.29 bits per heavy atom. The quantitative estimate of drug-likeness (QED) is 0.501. The molecule has 8 heteroatoms. The van der Waals surface area contributed by atoms with E-state index in [0.29, 0.717) is 35.1 Å². The maximum atomic E-state index is 11.5. The van der Waals surface area contributed by atoms with Gasteiger partial charge in [-0.15, -0.1) is 5.10 Å². The van der Waals surface area contributed by atoms with Gasteiger partial charge in [0.25, 0.3) is 0 Å². The largest absolute Gasteiger partial charge is 0.493 e. The van der Waals surface area contributed by atoms with Gasteiger partial charge in [-0.2, -0.15) is 0 Å². The van der Waals surface area contributed by atoms with Crippen molar-refractivity contribution in [3.8, 4) is 5.75 Å². The van der Waals surface area contributed by atoms with Gasteiger partial charge in [-0.25, -0.2) is 19.3 Å². The minimum Gasteiger partial charge on any atom is -0.493 e. The molecule has 0 saturated carbocycles. The highest BCUT2D eigenvalue weighted by atomic mass is 32.2. The van der Waals surface area contributed by atoms with E-state index < -0.39 is 0 Å². The Morgan fingerprint density at radius 2 is 2.17 bits per heavy atom. The first-order valence-corrected chi connectivity index (χ1v) is 8.48. The molecule has 0 aliphatic rings. The monoisotopic (exact) mass is 344 g/mol. The zero-order valence-corrected chi connectivity index (χ0v) is 14.1. The number of methoxy groups -OCH3 is 1. The summed E-state index contributed by atoms with van der Waals surface area (Å²) in [5, 5.41) is 5.11. The number of thioether (sulfide) groups is 1. The standard InChI is InChI=1S/C16H16N4O3S/c1-22-15(21)11-4-3-5-13(8-11)23-7-6-12-9-17-14-10-18-16(24-2)19-20(12)14/h3-5,8-10H,6-7H2,1-2H3. The van der Waals surface area contributed by atoms with Gasteiger partial charge >= 0.3 is 5.97 Å². The molecule has 0 unspecified atom stereocenters. The van der Waals surface area contributed by atoms with Crippen LogP contribution < -0.4 is 4.74 Å². The minimum absolute atomic E-state index is 0.386. The molecule has 3 rings (SSSR count). The van der Waals surface area contributed by atoms with Gasteiger partial charge in [-0.3, -0.25) is 0 Å². The van der Waals surface area contributed by atoms with Crippen LogP contribution in [-0.2, 0) is 11.2 Å². The molecule has 0 fully saturated rings. The molecular formula is C16H16N4O3S. The van der Waals surface area contributed by atoms with Crippen molar-refractivity contribution in [1.82, 2.24) is 19.6 Å². The molecule has 0 amide bonds. The van der Waals surface area contributed by atoms with E-state index in [0.717, 1.165) is 5.69 Å².